The van der Waals surface area contributed by atoms with Crippen LogP contribution >= 0.6 is 0 Å². The fourth-order valence-electron chi connectivity index (χ4n) is 2.34. The first-order valence-electron chi connectivity index (χ1n) is 8.73. The second-order valence-electron chi connectivity index (χ2n) is 7.99. The molecule has 0 heterocycles. The summed E-state index contributed by atoms with van der Waals surface area (Å²) >= 11 is 0. The molecule has 2 atom stereocenters. The molecule has 0 fully saturated rings. The third-order valence-corrected chi connectivity index (χ3v) is 9.39. The van der Waals surface area contributed by atoms with Crippen molar-refractivity contribution in [2.45, 2.75) is 84.0 Å². The van der Waals surface area contributed by atoms with Crippen LogP contribution in [-0.4, -0.2) is 20.2 Å². The highest BCUT2D eigenvalue weighted by Gasteiger charge is 2.38. The van der Waals surface area contributed by atoms with Gasteiger partial charge in [-0.2, -0.15) is 0 Å². The summed E-state index contributed by atoms with van der Waals surface area (Å²) in [5, 5.41) is 0.229. The Hall–Kier alpha value is -0.673. The molecule has 0 bridgehead atoms. The van der Waals surface area contributed by atoms with E-state index in [9.17, 15) is 4.79 Å². The average molecular weight is 323 g/mol. The quantitative estimate of drug-likeness (QED) is 0.327. The van der Waals surface area contributed by atoms with Gasteiger partial charge in [-0.15, -0.1) is 0 Å². The van der Waals surface area contributed by atoms with E-state index < -0.39 is 8.32 Å². The van der Waals surface area contributed by atoms with Crippen LogP contribution in [-0.2, 0) is 9.22 Å². The standard InChI is InChI=1S/C19H34O2Si/c1-7-8-9-10-18(21-22(5,6)19(2,3)4)14-12-16-11-13-17(20)15-16/h11-14,16,18H,7-10,15H2,1-6H3/b14-12+/t16-,18+/m1/s1. The van der Waals surface area contributed by atoms with Gasteiger partial charge in [0.25, 0.3) is 0 Å². The second-order valence-corrected chi connectivity index (χ2v) is 12.7. The van der Waals surface area contributed by atoms with Gasteiger partial charge in [-0.3, -0.25) is 4.79 Å². The zero-order valence-corrected chi connectivity index (χ0v) is 16.3. The first kappa shape index (κ1) is 19.4. The van der Waals surface area contributed by atoms with Crippen molar-refractivity contribution in [1.29, 1.82) is 0 Å². The van der Waals surface area contributed by atoms with Crippen molar-refractivity contribution in [2.75, 3.05) is 0 Å². The SMILES string of the molecule is CCCCC[C@@H](/C=C/[C@H]1C=CC(=O)C1)O[Si](C)(C)C(C)(C)C. The molecule has 0 aromatic rings. The van der Waals surface area contributed by atoms with Crippen LogP contribution < -0.4 is 0 Å². The molecule has 1 aliphatic carbocycles. The number of ketones is 1. The second kappa shape index (κ2) is 8.26. The van der Waals surface area contributed by atoms with Crippen molar-refractivity contribution in [3.05, 3.63) is 24.3 Å². The molecule has 0 unspecified atom stereocenters. The summed E-state index contributed by atoms with van der Waals surface area (Å²) in [5.41, 5.74) is 0. The molecular weight excluding hydrogens is 288 g/mol. The van der Waals surface area contributed by atoms with Gasteiger partial charge in [0.05, 0.1) is 6.10 Å². The highest BCUT2D eigenvalue weighted by Crippen LogP contribution is 2.38. The van der Waals surface area contributed by atoms with E-state index in [2.05, 4.69) is 52.9 Å². The predicted octanol–water partition coefficient (Wildman–Crippen LogP) is 5.66. The molecule has 0 saturated carbocycles. The van der Waals surface area contributed by atoms with Crippen molar-refractivity contribution >= 4 is 14.1 Å². The number of carbonyl (C=O) groups excluding carboxylic acids is 1. The Bertz CT molecular complexity index is 416. The Kier molecular flexibility index (Phi) is 7.27. The van der Waals surface area contributed by atoms with Gasteiger partial charge in [0.1, 0.15) is 0 Å². The van der Waals surface area contributed by atoms with Crippen LogP contribution in [0.15, 0.2) is 24.3 Å². The summed E-state index contributed by atoms with van der Waals surface area (Å²) in [5.74, 6) is 0.506. The van der Waals surface area contributed by atoms with Crippen LogP contribution in [0.4, 0.5) is 0 Å². The Morgan fingerprint density at radius 1 is 1.36 bits per heavy atom. The first-order valence-corrected chi connectivity index (χ1v) is 11.6. The van der Waals surface area contributed by atoms with E-state index >= 15 is 0 Å². The van der Waals surface area contributed by atoms with Crippen molar-refractivity contribution in [3.63, 3.8) is 0 Å². The van der Waals surface area contributed by atoms with E-state index in [-0.39, 0.29) is 22.8 Å². The molecule has 0 amide bonds. The molecule has 0 saturated heterocycles. The maximum absolute atomic E-state index is 11.3. The molecule has 3 heteroatoms. The summed E-state index contributed by atoms with van der Waals surface area (Å²) in [6.45, 7) is 13.7. The Balaban J connectivity index is 2.69. The van der Waals surface area contributed by atoms with E-state index in [1.165, 1.54) is 19.3 Å². The zero-order chi connectivity index (χ0) is 16.8. The van der Waals surface area contributed by atoms with Crippen molar-refractivity contribution in [1.82, 2.24) is 0 Å². The summed E-state index contributed by atoms with van der Waals surface area (Å²) in [7, 11) is -1.75. The molecule has 0 aliphatic heterocycles. The minimum absolute atomic E-state index is 0.191. The minimum Gasteiger partial charge on any atom is -0.411 e. The van der Waals surface area contributed by atoms with Gasteiger partial charge in [-0.25, -0.2) is 0 Å². The third kappa shape index (κ3) is 6.21. The number of carbonyl (C=O) groups is 1. The molecule has 2 nitrogen and oxygen atoms in total. The molecule has 126 valence electrons. The van der Waals surface area contributed by atoms with Crippen LogP contribution in [0.25, 0.3) is 0 Å². The third-order valence-electron chi connectivity index (χ3n) is 4.88. The maximum atomic E-state index is 11.3. The lowest BCUT2D eigenvalue weighted by Crippen LogP contribution is -2.43. The fourth-order valence-corrected chi connectivity index (χ4v) is 3.65. The summed E-state index contributed by atoms with van der Waals surface area (Å²) in [6, 6.07) is 0. The molecular formula is C19H34O2Si. The van der Waals surface area contributed by atoms with Crippen molar-refractivity contribution in [2.24, 2.45) is 5.92 Å². The zero-order valence-electron chi connectivity index (χ0n) is 15.3. The highest BCUT2D eigenvalue weighted by atomic mass is 28.4. The van der Waals surface area contributed by atoms with Gasteiger partial charge in [0.15, 0.2) is 14.1 Å². The van der Waals surface area contributed by atoms with Gasteiger partial charge in [-0.1, -0.05) is 65.2 Å². The van der Waals surface area contributed by atoms with Crippen LogP contribution in [0, 0.1) is 5.92 Å². The number of unbranched alkanes of at least 4 members (excludes halogenated alkanes) is 2. The topological polar surface area (TPSA) is 26.3 Å². The lowest BCUT2D eigenvalue weighted by atomic mass is 10.1. The van der Waals surface area contributed by atoms with Crippen molar-refractivity contribution in [3.8, 4) is 0 Å². The number of hydrogen-bond donors (Lipinski definition) is 0. The lowest BCUT2D eigenvalue weighted by Gasteiger charge is -2.38. The monoisotopic (exact) mass is 322 g/mol. The molecule has 1 aliphatic rings. The molecule has 0 radical (unpaired) electrons. The Morgan fingerprint density at radius 3 is 2.55 bits per heavy atom. The fraction of sp³-hybridized carbons (Fsp3) is 0.737. The molecule has 22 heavy (non-hydrogen) atoms. The number of allylic oxidation sites excluding steroid dienone is 3. The van der Waals surface area contributed by atoms with Gasteiger partial charge in [0, 0.05) is 12.3 Å². The highest BCUT2D eigenvalue weighted by molar-refractivity contribution is 6.74. The van der Waals surface area contributed by atoms with Crippen LogP contribution in [0.5, 0.6) is 0 Å². The molecule has 0 spiro atoms. The normalized spacial score (nSPS) is 21.0. The largest absolute Gasteiger partial charge is 0.411 e. The minimum atomic E-state index is -1.75. The van der Waals surface area contributed by atoms with Crippen LogP contribution in [0.1, 0.15) is 59.8 Å². The van der Waals surface area contributed by atoms with Gasteiger partial charge in [0.2, 0.25) is 0 Å². The van der Waals surface area contributed by atoms with Crippen LogP contribution in [0.3, 0.4) is 0 Å². The van der Waals surface area contributed by atoms with Crippen molar-refractivity contribution < 1.29 is 9.22 Å². The Labute approximate surface area is 138 Å². The summed E-state index contributed by atoms with van der Waals surface area (Å²) in [4.78, 5) is 11.3. The van der Waals surface area contributed by atoms with E-state index in [0.717, 1.165) is 6.42 Å². The van der Waals surface area contributed by atoms with Crippen LogP contribution in [0.2, 0.25) is 18.1 Å². The van der Waals surface area contributed by atoms with E-state index in [1.807, 2.05) is 6.08 Å². The van der Waals surface area contributed by atoms with E-state index in [0.29, 0.717) is 6.42 Å². The van der Waals surface area contributed by atoms with Gasteiger partial charge in [-0.05, 0) is 30.6 Å². The van der Waals surface area contributed by atoms with E-state index in [1.54, 1.807) is 6.08 Å². The summed E-state index contributed by atoms with van der Waals surface area (Å²) < 4.78 is 6.58. The maximum Gasteiger partial charge on any atom is 0.192 e. The van der Waals surface area contributed by atoms with Gasteiger partial charge >= 0.3 is 0 Å². The molecule has 1 rings (SSSR count). The Morgan fingerprint density at radius 2 is 2.05 bits per heavy atom. The lowest BCUT2D eigenvalue weighted by molar-refractivity contribution is -0.114. The molecule has 0 N–H and O–H groups in total. The molecule has 0 aromatic heterocycles. The van der Waals surface area contributed by atoms with E-state index in [4.69, 9.17) is 4.43 Å². The number of hydrogen-bond acceptors (Lipinski definition) is 2. The molecule has 0 aromatic carbocycles. The summed E-state index contributed by atoms with van der Waals surface area (Å²) in [6.07, 6.45) is 13.7. The van der Waals surface area contributed by atoms with Gasteiger partial charge < -0.3 is 4.43 Å². The average Bonchev–Trinajstić information content (AvgIpc) is 2.80. The smallest absolute Gasteiger partial charge is 0.192 e. The predicted molar refractivity (Wildman–Crippen MR) is 97.6 cm³/mol. The first-order chi connectivity index (χ1) is 10.2. The number of rotatable bonds is 8.